The zero-order valence-corrected chi connectivity index (χ0v) is 12.7. The summed E-state index contributed by atoms with van der Waals surface area (Å²) in [6.07, 6.45) is -4.03. The summed E-state index contributed by atoms with van der Waals surface area (Å²) in [5.41, 5.74) is 5.54. The van der Waals surface area contributed by atoms with E-state index in [4.69, 9.17) is 5.73 Å². The molecular formula is C13H19F3N2O2S. The maximum Gasteiger partial charge on any atom is 0.402 e. The van der Waals surface area contributed by atoms with Crippen LogP contribution in [0.4, 0.5) is 18.9 Å². The highest BCUT2D eigenvalue weighted by atomic mass is 32.2. The fourth-order valence-corrected chi connectivity index (χ4v) is 4.00. The number of sulfonamides is 1. The molecule has 8 heteroatoms. The van der Waals surface area contributed by atoms with Gasteiger partial charge in [0.1, 0.15) is 11.4 Å². The molecule has 0 saturated heterocycles. The SMILES string of the molecule is CCC(CC)N(CC(F)(F)F)S(=O)(=O)c1ccccc1N. The van der Waals surface area contributed by atoms with E-state index in [-0.39, 0.29) is 10.6 Å². The third kappa shape index (κ3) is 4.34. The highest BCUT2D eigenvalue weighted by molar-refractivity contribution is 7.89. The van der Waals surface area contributed by atoms with Crippen molar-refractivity contribution in [2.45, 2.75) is 43.8 Å². The van der Waals surface area contributed by atoms with E-state index in [1.807, 2.05) is 0 Å². The molecule has 0 aromatic heterocycles. The Hall–Kier alpha value is -1.28. The van der Waals surface area contributed by atoms with Crippen LogP contribution in [-0.2, 0) is 10.0 Å². The number of para-hydroxylation sites is 1. The lowest BCUT2D eigenvalue weighted by atomic mass is 10.2. The van der Waals surface area contributed by atoms with Gasteiger partial charge in [0.05, 0.1) is 5.69 Å². The zero-order valence-electron chi connectivity index (χ0n) is 11.9. The lowest BCUT2D eigenvalue weighted by molar-refractivity contribution is -0.139. The van der Waals surface area contributed by atoms with E-state index in [1.165, 1.54) is 24.3 Å². The Bertz CT molecular complexity index is 569. The predicted octanol–water partition coefficient (Wildman–Crippen LogP) is 3.01. The van der Waals surface area contributed by atoms with Gasteiger partial charge in [0.25, 0.3) is 0 Å². The van der Waals surface area contributed by atoms with E-state index < -0.39 is 28.8 Å². The second-order valence-electron chi connectivity index (χ2n) is 4.67. The highest BCUT2D eigenvalue weighted by Crippen LogP contribution is 2.29. The van der Waals surface area contributed by atoms with Gasteiger partial charge in [-0.3, -0.25) is 0 Å². The van der Waals surface area contributed by atoms with E-state index in [9.17, 15) is 21.6 Å². The minimum absolute atomic E-state index is 0.0596. The lowest BCUT2D eigenvalue weighted by Crippen LogP contribution is -2.45. The van der Waals surface area contributed by atoms with Gasteiger partial charge in [0.15, 0.2) is 0 Å². The van der Waals surface area contributed by atoms with E-state index in [0.717, 1.165) is 0 Å². The second-order valence-corrected chi connectivity index (χ2v) is 6.53. The summed E-state index contributed by atoms with van der Waals surface area (Å²) in [5, 5.41) is 0. The van der Waals surface area contributed by atoms with Crippen molar-refractivity contribution in [3.05, 3.63) is 24.3 Å². The fraction of sp³-hybridized carbons (Fsp3) is 0.538. The van der Waals surface area contributed by atoms with Gasteiger partial charge in [-0.1, -0.05) is 26.0 Å². The number of hydrogen-bond acceptors (Lipinski definition) is 3. The molecule has 0 aliphatic carbocycles. The van der Waals surface area contributed by atoms with Crippen molar-refractivity contribution in [3.8, 4) is 0 Å². The van der Waals surface area contributed by atoms with Crippen LogP contribution in [0, 0.1) is 0 Å². The van der Waals surface area contributed by atoms with Gasteiger partial charge in [0, 0.05) is 6.04 Å². The van der Waals surface area contributed by atoms with Crippen molar-refractivity contribution < 1.29 is 21.6 Å². The van der Waals surface area contributed by atoms with Crippen molar-refractivity contribution in [3.63, 3.8) is 0 Å². The highest BCUT2D eigenvalue weighted by Gasteiger charge is 2.40. The Morgan fingerprint density at radius 2 is 1.71 bits per heavy atom. The van der Waals surface area contributed by atoms with Crippen molar-refractivity contribution in [1.82, 2.24) is 4.31 Å². The predicted molar refractivity (Wildman–Crippen MR) is 75.2 cm³/mol. The second kappa shape index (κ2) is 6.65. The summed E-state index contributed by atoms with van der Waals surface area (Å²) in [6, 6.07) is 4.81. The van der Waals surface area contributed by atoms with Crippen molar-refractivity contribution in [2.24, 2.45) is 0 Å². The Kier molecular flexibility index (Phi) is 5.63. The van der Waals surface area contributed by atoms with Gasteiger partial charge < -0.3 is 5.73 Å². The molecule has 0 unspecified atom stereocenters. The molecule has 0 spiro atoms. The lowest BCUT2D eigenvalue weighted by Gasteiger charge is -2.30. The minimum Gasteiger partial charge on any atom is -0.398 e. The number of nitrogens with zero attached hydrogens (tertiary/aromatic N) is 1. The normalized spacial score (nSPS) is 13.1. The number of anilines is 1. The summed E-state index contributed by atoms with van der Waals surface area (Å²) >= 11 is 0. The Morgan fingerprint density at radius 3 is 2.14 bits per heavy atom. The van der Waals surface area contributed by atoms with Crippen LogP contribution >= 0.6 is 0 Å². The number of nitrogen functional groups attached to an aromatic ring is 1. The molecule has 0 amide bonds. The molecule has 1 rings (SSSR count). The third-order valence-electron chi connectivity index (χ3n) is 3.19. The van der Waals surface area contributed by atoms with E-state index >= 15 is 0 Å². The fourth-order valence-electron chi connectivity index (χ4n) is 2.12. The average molecular weight is 324 g/mol. The molecule has 0 aliphatic rings. The number of benzene rings is 1. The molecule has 1 aromatic carbocycles. The molecule has 0 fully saturated rings. The average Bonchev–Trinajstić information content (AvgIpc) is 2.38. The molecule has 0 radical (unpaired) electrons. The standard InChI is InChI=1S/C13H19F3N2O2S/c1-3-10(4-2)18(9-13(14,15)16)21(19,20)12-8-6-5-7-11(12)17/h5-8,10H,3-4,9,17H2,1-2H3. The van der Waals surface area contributed by atoms with Gasteiger partial charge in [-0.2, -0.15) is 17.5 Å². The molecule has 4 nitrogen and oxygen atoms in total. The van der Waals surface area contributed by atoms with Crippen molar-refractivity contribution in [1.29, 1.82) is 0 Å². The van der Waals surface area contributed by atoms with Crippen LogP contribution < -0.4 is 5.73 Å². The van der Waals surface area contributed by atoms with E-state index in [1.54, 1.807) is 13.8 Å². The van der Waals surface area contributed by atoms with E-state index in [0.29, 0.717) is 17.1 Å². The molecule has 21 heavy (non-hydrogen) atoms. The monoisotopic (exact) mass is 324 g/mol. The van der Waals surface area contributed by atoms with Crippen LogP contribution in [0.2, 0.25) is 0 Å². The summed E-state index contributed by atoms with van der Waals surface area (Å²) in [5.74, 6) is 0. The number of alkyl halides is 3. The molecule has 2 N–H and O–H groups in total. The quantitative estimate of drug-likeness (QED) is 0.818. The van der Waals surface area contributed by atoms with Crippen molar-refractivity contribution >= 4 is 15.7 Å². The maximum atomic E-state index is 12.7. The topological polar surface area (TPSA) is 63.4 Å². The number of nitrogens with two attached hydrogens (primary N) is 1. The van der Waals surface area contributed by atoms with Crippen LogP contribution in [0.5, 0.6) is 0 Å². The van der Waals surface area contributed by atoms with Crippen LogP contribution in [0.1, 0.15) is 26.7 Å². The molecule has 0 heterocycles. The molecule has 0 aliphatic heterocycles. The number of hydrogen-bond donors (Lipinski definition) is 1. The van der Waals surface area contributed by atoms with E-state index in [2.05, 4.69) is 0 Å². The Balaban J connectivity index is 3.33. The smallest absolute Gasteiger partial charge is 0.398 e. The molecule has 0 bridgehead atoms. The van der Waals surface area contributed by atoms with Crippen molar-refractivity contribution in [2.75, 3.05) is 12.3 Å². The molecule has 120 valence electrons. The molecule has 0 atom stereocenters. The summed E-state index contributed by atoms with van der Waals surface area (Å²) in [4.78, 5) is -0.291. The van der Waals surface area contributed by atoms with Gasteiger partial charge in [0.2, 0.25) is 10.0 Å². The largest absolute Gasteiger partial charge is 0.402 e. The zero-order chi connectivity index (χ0) is 16.3. The molecule has 1 aromatic rings. The first-order valence-electron chi connectivity index (χ1n) is 6.56. The van der Waals surface area contributed by atoms with Gasteiger partial charge in [-0.05, 0) is 25.0 Å². The van der Waals surface area contributed by atoms with Crippen LogP contribution in [0.25, 0.3) is 0 Å². The number of halogens is 3. The first-order valence-corrected chi connectivity index (χ1v) is 8.00. The molecule has 0 saturated carbocycles. The first-order chi connectivity index (χ1) is 9.63. The minimum atomic E-state index is -4.61. The first kappa shape index (κ1) is 17.8. The number of rotatable bonds is 6. The van der Waals surface area contributed by atoms with Crippen LogP contribution in [-0.4, -0.2) is 31.5 Å². The summed E-state index contributed by atoms with van der Waals surface area (Å²) < 4.78 is 63.8. The van der Waals surface area contributed by atoms with Gasteiger partial charge in [-0.25, -0.2) is 8.42 Å². The summed E-state index contributed by atoms with van der Waals surface area (Å²) in [6.45, 7) is 1.79. The summed E-state index contributed by atoms with van der Waals surface area (Å²) in [7, 11) is -4.30. The maximum absolute atomic E-state index is 12.7. The Labute approximate surface area is 122 Å². The molecular weight excluding hydrogens is 305 g/mol. The Morgan fingerprint density at radius 1 is 1.19 bits per heavy atom. The van der Waals surface area contributed by atoms with Gasteiger partial charge >= 0.3 is 6.18 Å². The van der Waals surface area contributed by atoms with Crippen LogP contribution in [0.3, 0.4) is 0 Å². The van der Waals surface area contributed by atoms with Crippen LogP contribution in [0.15, 0.2) is 29.2 Å². The third-order valence-corrected chi connectivity index (χ3v) is 5.16. The van der Waals surface area contributed by atoms with Gasteiger partial charge in [-0.15, -0.1) is 0 Å².